The van der Waals surface area contributed by atoms with Crippen LogP contribution in [-0.2, 0) is 9.63 Å². The molecule has 0 rings (SSSR count). The molecule has 2 N–H and O–H groups in total. The molecule has 0 aromatic heterocycles. The maximum absolute atomic E-state index is 10.9. The highest BCUT2D eigenvalue weighted by molar-refractivity contribution is 5.80. The van der Waals surface area contributed by atoms with Crippen LogP contribution in [0.1, 0.15) is 13.8 Å². The maximum atomic E-state index is 10.9. The SMILES string of the molecule is CONC(=O)C(C)(C)CO. The fourth-order valence-electron chi connectivity index (χ4n) is 0.303. The number of carbonyl (C=O) groups excluding carboxylic acids is 1. The number of hydrogen-bond acceptors (Lipinski definition) is 3. The van der Waals surface area contributed by atoms with Crippen LogP contribution >= 0.6 is 0 Å². The smallest absolute Gasteiger partial charge is 0.251 e. The molecule has 1 amide bonds. The van der Waals surface area contributed by atoms with E-state index in [-0.39, 0.29) is 12.5 Å². The summed E-state index contributed by atoms with van der Waals surface area (Å²) in [5, 5.41) is 8.67. The third kappa shape index (κ3) is 2.33. The zero-order valence-corrected chi connectivity index (χ0v) is 6.47. The largest absolute Gasteiger partial charge is 0.395 e. The molecular formula is C6H13NO3. The van der Waals surface area contributed by atoms with E-state index in [0.29, 0.717) is 0 Å². The molecule has 0 spiro atoms. The number of hydrogen-bond donors (Lipinski definition) is 2. The third-order valence-corrected chi connectivity index (χ3v) is 1.20. The lowest BCUT2D eigenvalue weighted by Crippen LogP contribution is -2.38. The van der Waals surface area contributed by atoms with Crippen molar-refractivity contribution in [2.45, 2.75) is 13.8 Å². The van der Waals surface area contributed by atoms with Crippen LogP contribution in [0.2, 0.25) is 0 Å². The molecule has 0 aromatic rings. The van der Waals surface area contributed by atoms with Gasteiger partial charge in [0.05, 0.1) is 19.1 Å². The first kappa shape index (κ1) is 9.39. The first-order valence-corrected chi connectivity index (χ1v) is 2.99. The molecule has 0 unspecified atom stereocenters. The van der Waals surface area contributed by atoms with Crippen molar-refractivity contribution in [3.05, 3.63) is 0 Å². The summed E-state index contributed by atoms with van der Waals surface area (Å²) < 4.78 is 0. The van der Waals surface area contributed by atoms with Crippen LogP contribution in [0.5, 0.6) is 0 Å². The van der Waals surface area contributed by atoms with E-state index in [2.05, 4.69) is 10.3 Å². The molecule has 0 atom stereocenters. The second-order valence-electron chi connectivity index (χ2n) is 2.68. The number of carbonyl (C=O) groups is 1. The van der Waals surface area contributed by atoms with Gasteiger partial charge >= 0.3 is 0 Å². The Morgan fingerprint density at radius 2 is 2.20 bits per heavy atom. The highest BCUT2D eigenvalue weighted by atomic mass is 16.6. The summed E-state index contributed by atoms with van der Waals surface area (Å²) in [7, 11) is 1.35. The molecule has 0 aliphatic rings. The molecule has 0 saturated carbocycles. The minimum absolute atomic E-state index is 0.192. The zero-order valence-electron chi connectivity index (χ0n) is 6.47. The monoisotopic (exact) mass is 147 g/mol. The summed E-state index contributed by atoms with van der Waals surface area (Å²) in [6.45, 7) is 3.06. The topological polar surface area (TPSA) is 58.6 Å². The van der Waals surface area contributed by atoms with Gasteiger partial charge in [-0.05, 0) is 13.8 Å². The van der Waals surface area contributed by atoms with Crippen molar-refractivity contribution >= 4 is 5.91 Å². The van der Waals surface area contributed by atoms with Gasteiger partial charge in [-0.2, -0.15) is 0 Å². The first-order chi connectivity index (χ1) is 4.54. The van der Waals surface area contributed by atoms with Gasteiger partial charge in [0.2, 0.25) is 0 Å². The molecule has 0 aliphatic heterocycles. The molecule has 60 valence electrons. The normalized spacial score (nSPS) is 11.2. The summed E-state index contributed by atoms with van der Waals surface area (Å²) >= 11 is 0. The van der Waals surface area contributed by atoms with E-state index in [4.69, 9.17) is 5.11 Å². The first-order valence-electron chi connectivity index (χ1n) is 2.99. The Kier molecular flexibility index (Phi) is 3.32. The van der Waals surface area contributed by atoms with Crippen molar-refractivity contribution in [1.82, 2.24) is 5.48 Å². The molecule has 0 saturated heterocycles. The van der Waals surface area contributed by atoms with E-state index >= 15 is 0 Å². The van der Waals surface area contributed by atoms with E-state index in [1.165, 1.54) is 7.11 Å². The Morgan fingerprint density at radius 3 is 2.50 bits per heavy atom. The Morgan fingerprint density at radius 1 is 1.70 bits per heavy atom. The molecule has 0 fully saturated rings. The standard InChI is InChI=1S/C6H13NO3/c1-6(2,4-8)5(9)7-10-3/h8H,4H2,1-3H3,(H,7,9). The van der Waals surface area contributed by atoms with Crippen LogP contribution in [0.15, 0.2) is 0 Å². The van der Waals surface area contributed by atoms with Crippen LogP contribution < -0.4 is 5.48 Å². The lowest BCUT2D eigenvalue weighted by atomic mass is 9.94. The lowest BCUT2D eigenvalue weighted by molar-refractivity contribution is -0.142. The highest BCUT2D eigenvalue weighted by Gasteiger charge is 2.26. The van der Waals surface area contributed by atoms with E-state index < -0.39 is 5.41 Å². The van der Waals surface area contributed by atoms with Gasteiger partial charge in [0.15, 0.2) is 0 Å². The van der Waals surface area contributed by atoms with Gasteiger partial charge in [-0.15, -0.1) is 0 Å². The zero-order chi connectivity index (χ0) is 8.20. The Hall–Kier alpha value is -0.610. The second-order valence-corrected chi connectivity index (χ2v) is 2.68. The van der Waals surface area contributed by atoms with Crippen LogP contribution in [-0.4, -0.2) is 24.7 Å². The molecular weight excluding hydrogens is 134 g/mol. The van der Waals surface area contributed by atoms with Crippen LogP contribution in [0.3, 0.4) is 0 Å². The fourth-order valence-corrected chi connectivity index (χ4v) is 0.303. The van der Waals surface area contributed by atoms with E-state index in [1.807, 2.05) is 0 Å². The van der Waals surface area contributed by atoms with Crippen LogP contribution in [0.4, 0.5) is 0 Å². The predicted octanol–water partition coefficient (Wildman–Crippen LogP) is -0.318. The molecule has 0 heterocycles. The molecule has 10 heavy (non-hydrogen) atoms. The Labute approximate surface area is 60.1 Å². The number of hydroxylamine groups is 1. The number of aliphatic hydroxyl groups is 1. The average Bonchev–Trinajstić information content (AvgIpc) is 1.89. The summed E-state index contributed by atoms with van der Waals surface area (Å²) in [6.07, 6.45) is 0. The summed E-state index contributed by atoms with van der Waals surface area (Å²) in [5.74, 6) is -0.322. The van der Waals surface area contributed by atoms with E-state index in [1.54, 1.807) is 13.8 Å². The number of rotatable bonds is 3. The number of amides is 1. The summed E-state index contributed by atoms with van der Waals surface area (Å²) in [5.41, 5.74) is 1.37. The molecule has 0 aromatic carbocycles. The van der Waals surface area contributed by atoms with Gasteiger partial charge in [-0.25, -0.2) is 5.48 Å². The van der Waals surface area contributed by atoms with Crippen molar-refractivity contribution in [1.29, 1.82) is 0 Å². The number of aliphatic hydroxyl groups excluding tert-OH is 1. The highest BCUT2D eigenvalue weighted by Crippen LogP contribution is 2.12. The summed E-state index contributed by atoms with van der Waals surface area (Å²) in [6, 6.07) is 0. The van der Waals surface area contributed by atoms with Crippen molar-refractivity contribution in [2.75, 3.05) is 13.7 Å². The Bertz CT molecular complexity index is 122. The van der Waals surface area contributed by atoms with E-state index in [0.717, 1.165) is 0 Å². The predicted molar refractivity (Wildman–Crippen MR) is 36.0 cm³/mol. The minimum Gasteiger partial charge on any atom is -0.395 e. The van der Waals surface area contributed by atoms with Crippen molar-refractivity contribution in [3.8, 4) is 0 Å². The van der Waals surface area contributed by atoms with Crippen LogP contribution in [0.25, 0.3) is 0 Å². The molecule has 0 aliphatic carbocycles. The van der Waals surface area contributed by atoms with E-state index in [9.17, 15) is 4.79 Å². The van der Waals surface area contributed by atoms with Gasteiger partial charge in [-0.3, -0.25) is 9.63 Å². The van der Waals surface area contributed by atoms with Crippen molar-refractivity contribution in [2.24, 2.45) is 5.41 Å². The van der Waals surface area contributed by atoms with Gasteiger partial charge in [-0.1, -0.05) is 0 Å². The molecule has 4 nitrogen and oxygen atoms in total. The third-order valence-electron chi connectivity index (χ3n) is 1.20. The molecule has 4 heteroatoms. The average molecular weight is 147 g/mol. The fraction of sp³-hybridized carbons (Fsp3) is 0.833. The Balaban J connectivity index is 3.91. The van der Waals surface area contributed by atoms with Crippen molar-refractivity contribution < 1.29 is 14.7 Å². The number of nitrogens with one attached hydrogen (secondary N) is 1. The molecule has 0 radical (unpaired) electrons. The van der Waals surface area contributed by atoms with Crippen molar-refractivity contribution in [3.63, 3.8) is 0 Å². The molecule has 0 bridgehead atoms. The maximum Gasteiger partial charge on any atom is 0.251 e. The summed E-state index contributed by atoms with van der Waals surface area (Å²) in [4.78, 5) is 15.3. The van der Waals surface area contributed by atoms with Gasteiger partial charge in [0.25, 0.3) is 5.91 Å². The van der Waals surface area contributed by atoms with Gasteiger partial charge < -0.3 is 5.11 Å². The van der Waals surface area contributed by atoms with Gasteiger partial charge in [0.1, 0.15) is 0 Å². The minimum atomic E-state index is -0.768. The quantitative estimate of drug-likeness (QED) is 0.538. The van der Waals surface area contributed by atoms with Crippen LogP contribution in [0, 0.1) is 5.41 Å². The van der Waals surface area contributed by atoms with Gasteiger partial charge in [0, 0.05) is 0 Å². The lowest BCUT2D eigenvalue weighted by Gasteiger charge is -2.18. The second kappa shape index (κ2) is 3.53.